The van der Waals surface area contributed by atoms with Crippen LogP contribution in [0.5, 0.6) is 0 Å². The van der Waals surface area contributed by atoms with Gasteiger partial charge < -0.3 is 10.2 Å². The molecule has 0 atom stereocenters. The van der Waals surface area contributed by atoms with Gasteiger partial charge in [0.25, 0.3) is 0 Å². The largest absolute Gasteiger partial charge is 0.334 e. The lowest BCUT2D eigenvalue weighted by Crippen LogP contribution is -2.42. The molecule has 1 aromatic rings. The Hall–Kier alpha value is -2.06. The Kier molecular flexibility index (Phi) is 4.59. The molecule has 1 aromatic carbocycles. The first kappa shape index (κ1) is 14.4. The molecule has 0 unspecified atom stereocenters. The number of hydrogen-bond donors (Lipinski definition) is 1. The quantitative estimate of drug-likeness (QED) is 0.806. The highest BCUT2D eigenvalue weighted by molar-refractivity contribution is 6.39. The summed E-state index contributed by atoms with van der Waals surface area (Å²) in [5, 5.41) is 11.5. The number of carbonyl (C=O) groups excluding carboxylic acids is 2. The van der Waals surface area contributed by atoms with E-state index in [1.165, 1.54) is 12.1 Å². The van der Waals surface area contributed by atoms with Crippen LogP contribution in [0.4, 0.5) is 5.69 Å². The summed E-state index contributed by atoms with van der Waals surface area (Å²) >= 11 is 5.87. The molecule has 2 amide bonds. The molecule has 20 heavy (non-hydrogen) atoms. The number of hydrogen-bond acceptors (Lipinski definition) is 3. The molecule has 1 N–H and O–H groups in total. The molecule has 0 saturated carbocycles. The lowest BCUT2D eigenvalue weighted by molar-refractivity contribution is -0.143. The number of rotatable bonds is 1. The molecule has 0 radical (unpaired) electrons. The van der Waals surface area contributed by atoms with E-state index in [4.69, 9.17) is 16.9 Å². The molecule has 2 rings (SSSR count). The summed E-state index contributed by atoms with van der Waals surface area (Å²) < 4.78 is 0. The van der Waals surface area contributed by atoms with Crippen LogP contribution in [-0.4, -0.2) is 29.8 Å². The summed E-state index contributed by atoms with van der Waals surface area (Å²) in [7, 11) is 0. The number of nitriles is 1. The Morgan fingerprint density at radius 1 is 1.25 bits per heavy atom. The highest BCUT2D eigenvalue weighted by atomic mass is 35.5. The molecular weight excluding hydrogens is 278 g/mol. The zero-order valence-electron chi connectivity index (χ0n) is 10.9. The Balaban J connectivity index is 2.02. The van der Waals surface area contributed by atoms with E-state index in [-0.39, 0.29) is 5.02 Å². The van der Waals surface area contributed by atoms with Gasteiger partial charge in [0, 0.05) is 18.8 Å². The lowest BCUT2D eigenvalue weighted by atomic mass is 10.1. The van der Waals surface area contributed by atoms with Crippen LogP contribution in [0.3, 0.4) is 0 Å². The van der Waals surface area contributed by atoms with Gasteiger partial charge in [-0.25, -0.2) is 0 Å². The number of nitrogens with one attached hydrogen (secondary N) is 1. The molecule has 1 heterocycles. The van der Waals surface area contributed by atoms with E-state index in [0.717, 1.165) is 19.3 Å². The second-order valence-electron chi connectivity index (χ2n) is 4.61. The molecule has 104 valence electrons. The van der Waals surface area contributed by atoms with Crippen molar-refractivity contribution < 1.29 is 9.59 Å². The zero-order valence-corrected chi connectivity index (χ0v) is 11.6. The van der Waals surface area contributed by atoms with Crippen molar-refractivity contribution in [3.8, 4) is 6.07 Å². The van der Waals surface area contributed by atoms with Gasteiger partial charge in [0.15, 0.2) is 0 Å². The topological polar surface area (TPSA) is 73.2 Å². The van der Waals surface area contributed by atoms with Gasteiger partial charge >= 0.3 is 11.8 Å². The van der Waals surface area contributed by atoms with Crippen LogP contribution in [0, 0.1) is 11.3 Å². The maximum absolute atomic E-state index is 11.9. The minimum absolute atomic E-state index is 0.246. The minimum Gasteiger partial charge on any atom is -0.334 e. The van der Waals surface area contributed by atoms with Crippen molar-refractivity contribution in [3.63, 3.8) is 0 Å². The molecule has 1 fully saturated rings. The molecule has 0 aromatic heterocycles. The smallest absolute Gasteiger partial charge is 0.313 e. The number of benzene rings is 1. The molecule has 5 nitrogen and oxygen atoms in total. The maximum Gasteiger partial charge on any atom is 0.313 e. The van der Waals surface area contributed by atoms with E-state index in [0.29, 0.717) is 24.3 Å². The molecule has 1 saturated heterocycles. The number of halogens is 1. The van der Waals surface area contributed by atoms with Gasteiger partial charge in [-0.3, -0.25) is 9.59 Å². The van der Waals surface area contributed by atoms with Gasteiger partial charge in [0.2, 0.25) is 0 Å². The first-order valence-corrected chi connectivity index (χ1v) is 6.79. The normalized spacial score (nSPS) is 14.5. The van der Waals surface area contributed by atoms with Crippen LogP contribution in [-0.2, 0) is 9.59 Å². The van der Waals surface area contributed by atoms with Crippen molar-refractivity contribution in [3.05, 3.63) is 28.8 Å². The Labute approximate surface area is 122 Å². The first-order valence-electron chi connectivity index (χ1n) is 6.41. The Morgan fingerprint density at radius 3 is 2.55 bits per heavy atom. The van der Waals surface area contributed by atoms with Crippen molar-refractivity contribution in [2.75, 3.05) is 18.4 Å². The summed E-state index contributed by atoms with van der Waals surface area (Å²) in [5.41, 5.74) is 0.733. The predicted octanol–water partition coefficient (Wildman–Crippen LogP) is 2.16. The summed E-state index contributed by atoms with van der Waals surface area (Å²) in [5.74, 6) is -1.20. The van der Waals surface area contributed by atoms with Gasteiger partial charge in [-0.05, 0) is 37.5 Å². The molecule has 0 aliphatic carbocycles. The van der Waals surface area contributed by atoms with E-state index in [1.807, 2.05) is 6.07 Å². The molecule has 0 spiro atoms. The van der Waals surface area contributed by atoms with Gasteiger partial charge in [-0.15, -0.1) is 0 Å². The van der Waals surface area contributed by atoms with E-state index in [9.17, 15) is 9.59 Å². The molecular formula is C14H14ClN3O2. The van der Waals surface area contributed by atoms with Crippen molar-refractivity contribution in [1.82, 2.24) is 4.90 Å². The fourth-order valence-electron chi connectivity index (χ4n) is 2.11. The molecule has 1 aliphatic heterocycles. The van der Waals surface area contributed by atoms with Crippen LogP contribution >= 0.6 is 11.6 Å². The third-order valence-corrected chi connectivity index (χ3v) is 3.50. The fourth-order valence-corrected chi connectivity index (χ4v) is 2.33. The number of likely N-dealkylation sites (tertiary alicyclic amines) is 1. The summed E-state index contributed by atoms with van der Waals surface area (Å²) in [4.78, 5) is 25.4. The fraction of sp³-hybridized carbons (Fsp3) is 0.357. The third kappa shape index (κ3) is 3.28. The van der Waals surface area contributed by atoms with Crippen molar-refractivity contribution in [2.45, 2.75) is 19.3 Å². The predicted molar refractivity (Wildman–Crippen MR) is 75.2 cm³/mol. The average Bonchev–Trinajstić information content (AvgIpc) is 2.47. The molecule has 1 aliphatic rings. The standard InChI is InChI=1S/C14H14ClN3O2/c15-12-8-11(5-4-10(12)9-16)17-13(19)14(20)18-6-2-1-3-7-18/h4-5,8H,1-3,6-7H2,(H,17,19). The average molecular weight is 292 g/mol. The number of nitrogens with zero attached hydrogens (tertiary/aromatic N) is 2. The number of carbonyl (C=O) groups is 2. The summed E-state index contributed by atoms with van der Waals surface area (Å²) in [6, 6.07) is 6.44. The number of amides is 2. The van der Waals surface area contributed by atoms with Crippen molar-refractivity contribution in [2.24, 2.45) is 0 Å². The Bertz CT molecular complexity index is 574. The maximum atomic E-state index is 11.9. The second-order valence-corrected chi connectivity index (χ2v) is 5.02. The highest BCUT2D eigenvalue weighted by Gasteiger charge is 2.23. The Morgan fingerprint density at radius 2 is 1.95 bits per heavy atom. The monoisotopic (exact) mass is 291 g/mol. The van der Waals surface area contributed by atoms with Gasteiger partial charge in [0.05, 0.1) is 10.6 Å². The van der Waals surface area contributed by atoms with E-state index < -0.39 is 11.8 Å². The summed E-state index contributed by atoms with van der Waals surface area (Å²) in [6.45, 7) is 1.25. The van der Waals surface area contributed by atoms with Crippen LogP contribution in [0.15, 0.2) is 18.2 Å². The minimum atomic E-state index is -0.673. The molecule has 0 bridgehead atoms. The number of anilines is 1. The van der Waals surface area contributed by atoms with Gasteiger partial charge in [-0.2, -0.15) is 5.26 Å². The van der Waals surface area contributed by atoms with Crippen LogP contribution in [0.25, 0.3) is 0 Å². The van der Waals surface area contributed by atoms with E-state index in [2.05, 4.69) is 5.32 Å². The van der Waals surface area contributed by atoms with Gasteiger partial charge in [-0.1, -0.05) is 11.6 Å². The second kappa shape index (κ2) is 6.40. The summed E-state index contributed by atoms with van der Waals surface area (Å²) in [6.07, 6.45) is 2.96. The van der Waals surface area contributed by atoms with Crippen LogP contribution in [0.1, 0.15) is 24.8 Å². The number of piperidine rings is 1. The first-order chi connectivity index (χ1) is 9.61. The lowest BCUT2D eigenvalue weighted by Gasteiger charge is -2.25. The van der Waals surface area contributed by atoms with Crippen LogP contribution in [0.2, 0.25) is 5.02 Å². The van der Waals surface area contributed by atoms with E-state index in [1.54, 1.807) is 11.0 Å². The van der Waals surface area contributed by atoms with Crippen LogP contribution < -0.4 is 5.32 Å². The van der Waals surface area contributed by atoms with E-state index >= 15 is 0 Å². The molecule has 6 heteroatoms. The van der Waals surface area contributed by atoms with Gasteiger partial charge in [0.1, 0.15) is 6.07 Å². The zero-order chi connectivity index (χ0) is 14.5. The van der Waals surface area contributed by atoms with Crippen molar-refractivity contribution >= 4 is 29.1 Å². The van der Waals surface area contributed by atoms with Crippen molar-refractivity contribution in [1.29, 1.82) is 5.26 Å². The SMILES string of the molecule is N#Cc1ccc(NC(=O)C(=O)N2CCCCC2)cc1Cl. The third-order valence-electron chi connectivity index (χ3n) is 3.18. The highest BCUT2D eigenvalue weighted by Crippen LogP contribution is 2.20.